The molecule has 0 heterocycles. The van der Waals surface area contributed by atoms with E-state index >= 15 is 0 Å². The first kappa shape index (κ1) is 13.9. The number of nitrogens with one attached hydrogen (secondary N) is 1. The molecule has 1 aromatic carbocycles. The Labute approximate surface area is 110 Å². The number of carbonyl (C=O) groups is 1. The van der Waals surface area contributed by atoms with E-state index in [4.69, 9.17) is 28.3 Å². The molecule has 1 amide bonds. The Kier molecular flexibility index (Phi) is 5.03. The van der Waals surface area contributed by atoms with Gasteiger partial charge >= 0.3 is 0 Å². The van der Waals surface area contributed by atoms with Gasteiger partial charge in [-0.1, -0.05) is 17.7 Å². The number of nitrogens with zero attached hydrogens (tertiary/aromatic N) is 1. The summed E-state index contributed by atoms with van der Waals surface area (Å²) in [7, 11) is 0. The van der Waals surface area contributed by atoms with Gasteiger partial charge in [0, 0.05) is 17.1 Å². The Bertz CT molecular complexity index is 519. The highest BCUT2D eigenvalue weighted by molar-refractivity contribution is 6.30. The van der Waals surface area contributed by atoms with Crippen LogP contribution in [-0.2, 0) is 4.79 Å². The fraction of sp³-hybridized carbons (Fsp3) is 0.167. The van der Waals surface area contributed by atoms with Gasteiger partial charge in [0.05, 0.1) is 11.6 Å². The van der Waals surface area contributed by atoms with E-state index in [0.29, 0.717) is 10.7 Å². The summed E-state index contributed by atoms with van der Waals surface area (Å²) in [6, 6.07) is 8.82. The Morgan fingerprint density at radius 3 is 2.72 bits per heavy atom. The fourth-order valence-electron chi connectivity index (χ4n) is 1.37. The molecule has 0 saturated heterocycles. The number of benzene rings is 1. The lowest BCUT2D eigenvalue weighted by molar-refractivity contribution is -0.114. The van der Waals surface area contributed by atoms with E-state index in [2.05, 4.69) is 5.32 Å². The zero-order valence-electron chi connectivity index (χ0n) is 9.61. The highest BCUT2D eigenvalue weighted by Gasteiger charge is 2.10. The molecule has 0 unspecified atom stereocenters. The van der Waals surface area contributed by atoms with Gasteiger partial charge in [-0.2, -0.15) is 5.26 Å². The number of hydrogen-bond donors (Lipinski definition) is 3. The Morgan fingerprint density at radius 1 is 1.44 bits per heavy atom. The predicted octanol–water partition coefficient (Wildman–Crippen LogP) is 1.71. The average Bonchev–Trinajstić information content (AvgIpc) is 2.29. The number of primary amides is 1. The van der Waals surface area contributed by atoms with Crippen molar-refractivity contribution in [3.8, 4) is 6.07 Å². The third-order valence-electron chi connectivity index (χ3n) is 2.21. The number of halogens is 1. The van der Waals surface area contributed by atoms with Gasteiger partial charge in [-0.3, -0.25) is 4.79 Å². The van der Waals surface area contributed by atoms with Crippen LogP contribution in [0.15, 0.2) is 35.7 Å². The third-order valence-corrected chi connectivity index (χ3v) is 2.45. The van der Waals surface area contributed by atoms with E-state index in [1.807, 2.05) is 6.07 Å². The number of hydrogen-bond acceptors (Lipinski definition) is 4. The molecular weight excluding hydrogens is 252 g/mol. The number of anilines is 1. The SMILES string of the molecule is N#CCCC(C(N)=O)=C(N)Nc1cccc(Cl)c1. The summed E-state index contributed by atoms with van der Waals surface area (Å²) < 4.78 is 0. The number of nitriles is 1. The first-order chi connectivity index (χ1) is 8.54. The van der Waals surface area contributed by atoms with Crippen LogP contribution in [0.25, 0.3) is 0 Å². The normalized spacial score (nSPS) is 11.3. The van der Waals surface area contributed by atoms with Crippen LogP contribution >= 0.6 is 11.6 Å². The Morgan fingerprint density at radius 2 is 2.17 bits per heavy atom. The molecule has 0 fully saturated rings. The molecule has 0 radical (unpaired) electrons. The molecule has 94 valence electrons. The summed E-state index contributed by atoms with van der Waals surface area (Å²) >= 11 is 5.82. The smallest absolute Gasteiger partial charge is 0.248 e. The summed E-state index contributed by atoms with van der Waals surface area (Å²) in [4.78, 5) is 11.2. The second-order valence-corrected chi connectivity index (χ2v) is 3.99. The summed E-state index contributed by atoms with van der Waals surface area (Å²) in [5.41, 5.74) is 11.8. The van der Waals surface area contributed by atoms with Crippen molar-refractivity contribution in [1.29, 1.82) is 5.26 Å². The van der Waals surface area contributed by atoms with Crippen molar-refractivity contribution in [2.45, 2.75) is 12.8 Å². The second kappa shape index (κ2) is 6.52. The third kappa shape index (κ3) is 4.00. The van der Waals surface area contributed by atoms with Crippen LogP contribution in [0.4, 0.5) is 5.69 Å². The van der Waals surface area contributed by atoms with Gasteiger partial charge in [0.25, 0.3) is 0 Å². The predicted molar refractivity (Wildman–Crippen MR) is 70.3 cm³/mol. The van der Waals surface area contributed by atoms with Crippen LogP contribution in [0.1, 0.15) is 12.8 Å². The molecule has 1 rings (SSSR count). The standard InChI is InChI=1S/C12H13ClN4O/c13-8-3-1-4-9(7-8)17-11(15)10(12(16)18)5-2-6-14/h1,3-4,7,17H,2,5,15H2,(H2,16,18). The molecule has 0 atom stereocenters. The van der Waals surface area contributed by atoms with E-state index in [1.165, 1.54) is 0 Å². The molecule has 5 nitrogen and oxygen atoms in total. The van der Waals surface area contributed by atoms with E-state index in [1.54, 1.807) is 24.3 Å². The topological polar surface area (TPSA) is 105 Å². The zero-order valence-corrected chi connectivity index (χ0v) is 10.4. The van der Waals surface area contributed by atoms with Gasteiger partial charge in [0.1, 0.15) is 5.82 Å². The first-order valence-electron chi connectivity index (χ1n) is 5.22. The first-order valence-corrected chi connectivity index (χ1v) is 5.60. The van der Waals surface area contributed by atoms with Crippen molar-refractivity contribution in [2.75, 3.05) is 5.32 Å². The van der Waals surface area contributed by atoms with Crippen molar-refractivity contribution < 1.29 is 4.79 Å². The Hall–Kier alpha value is -2.19. The van der Waals surface area contributed by atoms with Crippen LogP contribution in [0, 0.1) is 11.3 Å². The minimum absolute atomic E-state index is 0.139. The summed E-state index contributed by atoms with van der Waals surface area (Å²) in [5, 5.41) is 11.9. The molecule has 0 bridgehead atoms. The molecule has 0 aliphatic carbocycles. The van der Waals surface area contributed by atoms with Gasteiger partial charge in [-0.15, -0.1) is 0 Å². The maximum Gasteiger partial charge on any atom is 0.248 e. The molecular formula is C12H13ClN4O. The van der Waals surface area contributed by atoms with Crippen molar-refractivity contribution in [3.63, 3.8) is 0 Å². The largest absolute Gasteiger partial charge is 0.385 e. The maximum absolute atomic E-state index is 11.2. The lowest BCUT2D eigenvalue weighted by atomic mass is 10.1. The van der Waals surface area contributed by atoms with E-state index in [9.17, 15) is 4.79 Å². The molecule has 0 aliphatic heterocycles. The average molecular weight is 265 g/mol. The monoisotopic (exact) mass is 264 g/mol. The number of amides is 1. The van der Waals surface area contributed by atoms with E-state index < -0.39 is 5.91 Å². The van der Waals surface area contributed by atoms with Gasteiger partial charge in [-0.05, 0) is 24.6 Å². The van der Waals surface area contributed by atoms with Crippen molar-refractivity contribution in [3.05, 3.63) is 40.7 Å². The van der Waals surface area contributed by atoms with Crippen LogP contribution < -0.4 is 16.8 Å². The quantitative estimate of drug-likeness (QED) is 0.704. The number of nitrogens with two attached hydrogens (primary N) is 2. The summed E-state index contributed by atoms with van der Waals surface area (Å²) in [6.45, 7) is 0. The van der Waals surface area contributed by atoms with Gasteiger partial charge in [0.15, 0.2) is 0 Å². The molecule has 5 N–H and O–H groups in total. The van der Waals surface area contributed by atoms with Crippen LogP contribution in [0.2, 0.25) is 5.02 Å². The summed E-state index contributed by atoms with van der Waals surface area (Å²) in [6.07, 6.45) is 0.390. The lowest BCUT2D eigenvalue weighted by Gasteiger charge is -2.10. The fourth-order valence-corrected chi connectivity index (χ4v) is 1.56. The van der Waals surface area contributed by atoms with Crippen LogP contribution in [-0.4, -0.2) is 5.91 Å². The molecule has 1 aromatic rings. The molecule has 0 spiro atoms. The van der Waals surface area contributed by atoms with Gasteiger partial charge in [-0.25, -0.2) is 0 Å². The zero-order chi connectivity index (χ0) is 13.5. The van der Waals surface area contributed by atoms with Crippen molar-refractivity contribution in [1.82, 2.24) is 0 Å². The molecule has 0 saturated carbocycles. The van der Waals surface area contributed by atoms with E-state index in [-0.39, 0.29) is 24.2 Å². The van der Waals surface area contributed by atoms with Crippen molar-refractivity contribution >= 4 is 23.2 Å². The molecule has 0 aromatic heterocycles. The van der Waals surface area contributed by atoms with Crippen molar-refractivity contribution in [2.24, 2.45) is 11.5 Å². The Balaban J connectivity index is 2.91. The number of carbonyl (C=O) groups excluding carboxylic acids is 1. The van der Waals surface area contributed by atoms with Gasteiger partial charge in [0.2, 0.25) is 5.91 Å². The molecule has 18 heavy (non-hydrogen) atoms. The highest BCUT2D eigenvalue weighted by Crippen LogP contribution is 2.17. The maximum atomic E-state index is 11.2. The molecule has 6 heteroatoms. The molecule has 0 aliphatic rings. The second-order valence-electron chi connectivity index (χ2n) is 3.55. The van der Waals surface area contributed by atoms with Gasteiger partial charge < -0.3 is 16.8 Å². The van der Waals surface area contributed by atoms with E-state index in [0.717, 1.165) is 0 Å². The number of rotatable bonds is 5. The van der Waals surface area contributed by atoms with Crippen LogP contribution in [0.5, 0.6) is 0 Å². The highest BCUT2D eigenvalue weighted by atomic mass is 35.5. The summed E-state index contributed by atoms with van der Waals surface area (Å²) in [5.74, 6) is -0.503. The van der Waals surface area contributed by atoms with Crippen LogP contribution in [0.3, 0.4) is 0 Å². The minimum atomic E-state index is -0.641. The minimum Gasteiger partial charge on any atom is -0.385 e. The lowest BCUT2D eigenvalue weighted by Crippen LogP contribution is -2.22.